The number of carboxylic acid groups (broad SMARTS) is 1. The maximum absolute atomic E-state index is 9.68. The van der Waals surface area contributed by atoms with E-state index >= 15 is 0 Å². The zero-order valence-electron chi connectivity index (χ0n) is 5.56. The van der Waals surface area contributed by atoms with E-state index in [1.807, 2.05) is 0 Å². The van der Waals surface area contributed by atoms with Crippen LogP contribution in [-0.2, 0) is 14.4 Å². The monoisotopic (exact) mass is 164 g/mol. The highest BCUT2D eigenvalue weighted by molar-refractivity contribution is 6.19. The molecular weight excluding hydrogens is 156 g/mol. The summed E-state index contributed by atoms with van der Waals surface area (Å²) in [6, 6.07) is 0. The first-order valence-corrected chi connectivity index (χ1v) is 2.50. The second kappa shape index (κ2) is 8.73. The molecule has 0 heterocycles. The Kier molecular flexibility index (Phi) is 9.85. The lowest BCUT2D eigenvalue weighted by atomic mass is 10.5. The lowest BCUT2D eigenvalue weighted by molar-refractivity contribution is -0.143. The van der Waals surface area contributed by atoms with Crippen LogP contribution in [0, 0.1) is 0 Å². The smallest absolute Gasteiger partial charge is 0.368 e. The zero-order chi connectivity index (χ0) is 9.28. The Morgan fingerprint density at radius 1 is 1.18 bits per heavy atom. The van der Waals surface area contributed by atoms with E-state index in [1.165, 1.54) is 0 Å². The average molecular weight is 164 g/mol. The van der Waals surface area contributed by atoms with Crippen LogP contribution in [0.15, 0.2) is 0 Å². The van der Waals surface area contributed by atoms with Crippen LogP contribution in [0.1, 0.15) is 0 Å². The molecule has 64 valence electrons. The van der Waals surface area contributed by atoms with Crippen LogP contribution >= 0.6 is 0 Å². The molecule has 0 aromatic rings. The van der Waals surface area contributed by atoms with E-state index < -0.39 is 25.0 Å². The predicted octanol–water partition coefficient (Wildman–Crippen LogP) is -2.19. The summed E-state index contributed by atoms with van der Waals surface area (Å²) in [5, 5.41) is 23.0. The normalized spacial score (nSPS) is 7.45. The Bertz CT molecular complexity index is 134. The highest BCUT2D eigenvalue weighted by Gasteiger charge is 1.89. The number of hydrogen-bond donors (Lipinski definition) is 3. The van der Waals surface area contributed by atoms with Gasteiger partial charge in [-0.3, -0.25) is 9.59 Å². The summed E-state index contributed by atoms with van der Waals surface area (Å²) in [7, 11) is 0. The Morgan fingerprint density at radius 2 is 1.45 bits per heavy atom. The summed E-state index contributed by atoms with van der Waals surface area (Å²) in [5.74, 6) is -1.97. The number of carbonyl (C=O) groups is 3. The number of carbonyl (C=O) groups excluding carboxylic acids is 2. The van der Waals surface area contributed by atoms with Crippen LogP contribution in [0.2, 0.25) is 0 Å². The number of hydrogen-bond acceptors (Lipinski definition) is 5. The van der Waals surface area contributed by atoms with Gasteiger partial charge in [0.1, 0.15) is 13.2 Å². The van der Waals surface area contributed by atoms with Crippen LogP contribution < -0.4 is 0 Å². The third kappa shape index (κ3) is 17.7. The van der Waals surface area contributed by atoms with Crippen molar-refractivity contribution in [1.82, 2.24) is 0 Å². The van der Waals surface area contributed by atoms with Crippen LogP contribution in [-0.4, -0.2) is 46.6 Å². The van der Waals surface area contributed by atoms with E-state index in [0.717, 1.165) is 0 Å². The summed E-state index contributed by atoms with van der Waals surface area (Å²) >= 11 is 0. The van der Waals surface area contributed by atoms with E-state index in [1.54, 1.807) is 0 Å². The fraction of sp³-hybridized carbons (Fsp3) is 0.400. The third-order valence-corrected chi connectivity index (χ3v) is 0.454. The van der Waals surface area contributed by atoms with E-state index in [0.29, 0.717) is 0 Å². The van der Waals surface area contributed by atoms with Crippen molar-refractivity contribution in [3.05, 3.63) is 0 Å². The molecule has 0 radical (unpaired) electrons. The van der Waals surface area contributed by atoms with Crippen molar-refractivity contribution >= 4 is 18.0 Å². The van der Waals surface area contributed by atoms with Crippen LogP contribution in [0.5, 0.6) is 0 Å². The quantitative estimate of drug-likeness (QED) is 0.322. The second-order valence-corrected chi connectivity index (χ2v) is 1.31. The predicted molar refractivity (Wildman–Crippen MR) is 32.9 cm³/mol. The number of carboxylic acids is 1. The Labute approximate surface area is 62.1 Å². The minimum absolute atomic E-state index is 0.167. The molecule has 0 saturated carbocycles. The lowest BCUT2D eigenvalue weighted by Gasteiger charge is -1.81. The van der Waals surface area contributed by atoms with Crippen molar-refractivity contribution in [3.63, 3.8) is 0 Å². The van der Waals surface area contributed by atoms with Gasteiger partial charge in [0.25, 0.3) is 0 Å². The minimum Gasteiger partial charge on any atom is -0.476 e. The van der Waals surface area contributed by atoms with E-state index in [9.17, 15) is 4.79 Å². The van der Waals surface area contributed by atoms with Crippen molar-refractivity contribution in [2.45, 2.75) is 0 Å². The zero-order valence-corrected chi connectivity index (χ0v) is 5.56. The van der Waals surface area contributed by atoms with Gasteiger partial charge in [-0.25, -0.2) is 4.79 Å². The maximum atomic E-state index is 9.68. The Balaban J connectivity index is 0. The standard InChI is InChI=1S/C3H6O3.C2H2O3/c4-1-3(6)2-5;3-1-2(4)5/h4-5H,1-2H2;1H,(H,4,5). The number of aldehydes is 1. The molecule has 3 N–H and O–H groups in total. The van der Waals surface area contributed by atoms with Gasteiger partial charge in [-0.05, 0) is 0 Å². The van der Waals surface area contributed by atoms with Crippen molar-refractivity contribution in [2.75, 3.05) is 13.2 Å². The molecule has 0 aliphatic carbocycles. The van der Waals surface area contributed by atoms with E-state index in [4.69, 9.17) is 24.9 Å². The SMILES string of the molecule is O=C(CO)CO.O=CC(=O)O. The largest absolute Gasteiger partial charge is 0.476 e. The van der Waals surface area contributed by atoms with Gasteiger partial charge in [0.05, 0.1) is 0 Å². The molecule has 0 unspecified atom stereocenters. The van der Waals surface area contributed by atoms with Crippen molar-refractivity contribution in [3.8, 4) is 0 Å². The summed E-state index contributed by atoms with van der Waals surface area (Å²) in [4.78, 5) is 27.6. The van der Waals surface area contributed by atoms with E-state index in [-0.39, 0.29) is 6.29 Å². The highest BCUT2D eigenvalue weighted by Crippen LogP contribution is 1.59. The summed E-state index contributed by atoms with van der Waals surface area (Å²) in [5.41, 5.74) is 0. The molecule has 6 heteroatoms. The van der Waals surface area contributed by atoms with Gasteiger partial charge in [0.2, 0.25) is 6.29 Å². The molecular formula is C5H8O6. The Hall–Kier alpha value is -1.27. The van der Waals surface area contributed by atoms with Gasteiger partial charge in [0, 0.05) is 0 Å². The summed E-state index contributed by atoms with van der Waals surface area (Å²) < 4.78 is 0. The first-order chi connectivity index (χ1) is 5.08. The Morgan fingerprint density at radius 3 is 1.45 bits per heavy atom. The molecule has 0 amide bonds. The topological polar surface area (TPSA) is 112 Å². The van der Waals surface area contributed by atoms with E-state index in [2.05, 4.69) is 0 Å². The highest BCUT2D eigenvalue weighted by atomic mass is 16.4. The molecule has 0 atom stereocenters. The first-order valence-electron chi connectivity index (χ1n) is 2.50. The summed E-state index contributed by atoms with van der Waals surface area (Å²) in [6.07, 6.45) is -0.167. The molecule has 0 aromatic carbocycles. The average Bonchev–Trinajstić information content (AvgIpc) is 2.04. The van der Waals surface area contributed by atoms with Gasteiger partial charge < -0.3 is 15.3 Å². The molecule has 0 bridgehead atoms. The molecule has 0 aromatic heterocycles. The molecule has 11 heavy (non-hydrogen) atoms. The molecule has 0 aliphatic rings. The van der Waals surface area contributed by atoms with Crippen molar-refractivity contribution in [2.24, 2.45) is 0 Å². The van der Waals surface area contributed by atoms with Crippen molar-refractivity contribution < 1.29 is 29.7 Å². The molecule has 0 rings (SSSR count). The molecule has 0 aliphatic heterocycles. The number of aliphatic hydroxyl groups excluding tert-OH is 2. The molecule has 0 saturated heterocycles. The molecule has 0 fully saturated rings. The summed E-state index contributed by atoms with van der Waals surface area (Å²) in [6.45, 7) is -1.12. The van der Waals surface area contributed by atoms with Gasteiger partial charge in [-0.1, -0.05) is 0 Å². The van der Waals surface area contributed by atoms with Gasteiger partial charge in [0.15, 0.2) is 5.78 Å². The number of rotatable bonds is 3. The van der Waals surface area contributed by atoms with Gasteiger partial charge in [-0.15, -0.1) is 0 Å². The van der Waals surface area contributed by atoms with Crippen molar-refractivity contribution in [1.29, 1.82) is 0 Å². The first kappa shape index (κ1) is 12.4. The second-order valence-electron chi connectivity index (χ2n) is 1.31. The third-order valence-electron chi connectivity index (χ3n) is 0.454. The number of aliphatic hydroxyl groups is 2. The molecule has 6 nitrogen and oxygen atoms in total. The van der Waals surface area contributed by atoms with Gasteiger partial charge >= 0.3 is 5.97 Å². The van der Waals surface area contributed by atoms with Crippen LogP contribution in [0.25, 0.3) is 0 Å². The fourth-order valence-corrected chi connectivity index (χ4v) is 0.0500. The lowest BCUT2D eigenvalue weighted by Crippen LogP contribution is -2.07. The van der Waals surface area contributed by atoms with Crippen LogP contribution in [0.3, 0.4) is 0 Å². The number of Topliss-reactive ketones (excluding diaryl/α,β-unsaturated/α-hetero) is 1. The maximum Gasteiger partial charge on any atom is 0.368 e. The fourth-order valence-electron chi connectivity index (χ4n) is 0.0500. The van der Waals surface area contributed by atoms with Crippen LogP contribution in [0.4, 0.5) is 0 Å². The number of aliphatic carboxylic acids is 1. The minimum atomic E-state index is -1.43. The number of ketones is 1. The van der Waals surface area contributed by atoms with Gasteiger partial charge in [-0.2, -0.15) is 0 Å². The molecule has 0 spiro atoms.